The predicted octanol–water partition coefficient (Wildman–Crippen LogP) is 28.0. The quantitative estimate of drug-likeness (QED) is 0.154. The van der Waals surface area contributed by atoms with Gasteiger partial charge in [0.25, 0.3) is 0 Å². The van der Waals surface area contributed by atoms with Crippen molar-refractivity contribution in [3.05, 3.63) is 134 Å². The van der Waals surface area contributed by atoms with Gasteiger partial charge in [0, 0.05) is 86.6 Å². The molecule has 0 spiro atoms. The Morgan fingerprint density at radius 1 is 0.0956 bits per heavy atom. The molecule has 0 radical (unpaired) electrons. The number of hydrogen-bond acceptors (Lipinski definition) is 0. The Balaban J connectivity index is 2.82. The van der Waals surface area contributed by atoms with E-state index in [4.69, 9.17) is 0 Å². The molecule has 0 aliphatic heterocycles. The molecule has 0 unspecified atom stereocenters. The normalized spacial score (nSPS) is 11.8. The molecule has 1 aliphatic rings. The average molecular weight is 1780 g/mol. The van der Waals surface area contributed by atoms with Crippen molar-refractivity contribution in [2.24, 2.45) is 86.6 Å². The highest BCUT2D eigenvalue weighted by atomic mass is 14.3. The van der Waals surface area contributed by atoms with E-state index in [9.17, 15) is 0 Å². The first kappa shape index (κ1) is 113. The lowest BCUT2D eigenvalue weighted by Gasteiger charge is -2.16. The summed E-state index contributed by atoms with van der Waals surface area (Å²) in [6.45, 7) is 99.7. The Bertz CT molecular complexity index is 5950. The van der Waals surface area contributed by atoms with E-state index in [-0.39, 0.29) is 0 Å². The first-order chi connectivity index (χ1) is 61.5. The van der Waals surface area contributed by atoms with Crippen molar-refractivity contribution in [1.29, 1.82) is 0 Å². The molecule has 4 aromatic carbocycles. The van der Waals surface area contributed by atoms with Crippen LogP contribution in [0.2, 0.25) is 0 Å². The summed E-state index contributed by atoms with van der Waals surface area (Å²) in [5.74, 6) is 173. The summed E-state index contributed by atoms with van der Waals surface area (Å²) >= 11 is 0. The van der Waals surface area contributed by atoms with E-state index in [0.29, 0.717) is 134 Å². The molecule has 0 fully saturated rings. The van der Waals surface area contributed by atoms with E-state index in [1.54, 1.807) is 0 Å². The molecule has 0 aromatic heterocycles. The molecule has 0 N–H and O–H groups in total. The van der Waals surface area contributed by atoms with E-state index >= 15 is 0 Å². The van der Waals surface area contributed by atoms with Gasteiger partial charge in [-0.25, -0.2) is 0 Å². The maximum atomic E-state index is 3.68. The zero-order chi connectivity index (χ0) is 104. The van der Waals surface area contributed by atoms with Gasteiger partial charge in [0.05, 0.1) is 134 Å². The van der Waals surface area contributed by atoms with Crippen LogP contribution in [0.3, 0.4) is 0 Å². The van der Waals surface area contributed by atoms with E-state index in [1.165, 1.54) is 0 Å². The number of fused-ring (bicyclic) bond motifs is 4. The summed E-state index contributed by atoms with van der Waals surface area (Å²) in [7, 11) is 0. The van der Waals surface area contributed by atoms with E-state index in [2.05, 4.69) is 617 Å². The fraction of sp³-hybridized carbons (Fsp3) is 0.471. The second-order valence-electron chi connectivity index (χ2n) is 51.0. The molecule has 136 heavy (non-hydrogen) atoms. The van der Waals surface area contributed by atoms with Crippen molar-refractivity contribution < 1.29 is 0 Å². The molecule has 0 amide bonds. The fourth-order valence-electron chi connectivity index (χ4n) is 10.8. The lowest BCUT2D eigenvalue weighted by Crippen LogP contribution is -2.09. The van der Waals surface area contributed by atoms with Gasteiger partial charge in [0.15, 0.2) is 0 Å². The van der Waals surface area contributed by atoms with Crippen molar-refractivity contribution in [3.8, 4) is 284 Å². The van der Waals surface area contributed by atoms with Gasteiger partial charge in [-0.3, -0.25) is 0 Å². The molecule has 0 atom stereocenters. The minimum absolute atomic E-state index is 0.403. The third-order valence-corrected chi connectivity index (χ3v) is 16.8. The number of hydrogen-bond donors (Lipinski definition) is 0. The fourth-order valence-corrected chi connectivity index (χ4v) is 10.8. The summed E-state index contributed by atoms with van der Waals surface area (Å²) in [6, 6.07) is 0. The molecule has 0 saturated heterocycles. The molecule has 0 saturated carbocycles. The first-order valence-corrected chi connectivity index (χ1v) is 47.0. The lowest BCUT2D eigenvalue weighted by atomic mass is 9.84. The van der Waals surface area contributed by atoms with Gasteiger partial charge >= 0.3 is 0 Å². The standard InChI is InChI=1S/C136H144/c1-121(2,3)81-65-105-97-57-49-50-59-99-101(109(69-85-125(13,14)15)117(77-93-133(37,38)39)115(75-91-131(31,32)33)107(99)67-83-123(7,8)9)61-53-54-63-103-104(112(72-88-128(22,23)24)120(80-96-136(46,47)48)119(79-95-135(43,44)45)111(103)71-87-127(19,20)21)64-56-55-62-102-100(60-52-51-58-98(97)106(66-82-122(4,5)6)114(74-90-130(28,29)30)113(105)73-89-129(25,26)27)108(68-84-124(10,11)12)116(76-92-132(34,35)36)118(78-94-134(40,41)42)110(102)70-86-126(16,17)18/h1-48H3. The SMILES string of the molecule is CC(C)(C)C#Cc1c2c(c(C#CC(C)(C)C)c(C#CC(C)(C)C)c1C#CC(C)(C)C)C#CC#Cc1c(c(C#CC(C)(C)C)c(C#CC(C)(C)C)c(C#CC(C)(C)C)c1C#CC(C)(C)C)C#CC#Cc1c(c(C#CC(C)(C)C)c(C#CC(C)(C)C)c(C#CC(C)(C)C)c1C#CC(C)(C)C)C#CC#Cc1c(c(C#CC(C)(C)C)c(C#CC(C)(C)C)c(C#CC(C)(C)C)c1C#CC(C)(C)C)C#CC#C2. The Labute approximate surface area is 830 Å². The Morgan fingerprint density at radius 2 is 0.154 bits per heavy atom. The molecule has 0 bridgehead atoms. The van der Waals surface area contributed by atoms with Gasteiger partial charge in [-0.05, 0) is 380 Å². The molecule has 5 rings (SSSR count). The van der Waals surface area contributed by atoms with Crippen molar-refractivity contribution in [3.63, 3.8) is 0 Å². The van der Waals surface area contributed by atoms with Gasteiger partial charge in [-0.15, -0.1) is 0 Å². The zero-order valence-electron chi connectivity index (χ0n) is 92.0. The Morgan fingerprint density at radius 3 is 0.213 bits per heavy atom. The summed E-state index contributed by atoms with van der Waals surface area (Å²) < 4.78 is 0. The minimum Gasteiger partial charge on any atom is -0.0919 e. The van der Waals surface area contributed by atoms with E-state index in [1.807, 2.05) is 0 Å². The summed E-state index contributed by atoms with van der Waals surface area (Å²) in [5, 5.41) is 0. The van der Waals surface area contributed by atoms with Crippen LogP contribution in [0.25, 0.3) is 0 Å². The topological polar surface area (TPSA) is 0 Å². The van der Waals surface area contributed by atoms with Crippen LogP contribution in [0.4, 0.5) is 0 Å². The van der Waals surface area contributed by atoms with E-state index in [0.717, 1.165) is 0 Å². The molecule has 0 heteroatoms. The van der Waals surface area contributed by atoms with Gasteiger partial charge in [0.1, 0.15) is 0 Å². The highest BCUT2D eigenvalue weighted by Crippen LogP contribution is 2.37. The van der Waals surface area contributed by atoms with Crippen LogP contribution >= 0.6 is 0 Å². The van der Waals surface area contributed by atoms with Crippen LogP contribution in [0.15, 0.2) is 0 Å². The second kappa shape index (κ2) is 42.9. The van der Waals surface area contributed by atoms with Crippen LogP contribution in [0.1, 0.15) is 466 Å². The number of benzene rings is 4. The minimum atomic E-state index is -0.544. The predicted molar refractivity (Wildman–Crippen MR) is 582 cm³/mol. The summed E-state index contributed by atoms with van der Waals surface area (Å²) in [4.78, 5) is 0. The molecule has 0 nitrogen and oxygen atoms in total. The summed E-state index contributed by atoms with van der Waals surface area (Å²) in [5.41, 5.74) is 3.11. The van der Waals surface area contributed by atoms with Gasteiger partial charge in [0.2, 0.25) is 0 Å². The average Bonchev–Trinajstić information content (AvgIpc) is 0.771. The highest BCUT2D eigenvalue weighted by molar-refractivity contribution is 5.84. The number of rotatable bonds is 0. The molecule has 688 valence electrons. The second-order valence-corrected chi connectivity index (χ2v) is 51.0. The van der Waals surface area contributed by atoms with Crippen LogP contribution in [-0.4, -0.2) is 0 Å². The van der Waals surface area contributed by atoms with E-state index < -0.39 is 86.6 Å². The summed E-state index contributed by atoms with van der Waals surface area (Å²) in [6.07, 6.45) is 0. The van der Waals surface area contributed by atoms with Gasteiger partial charge < -0.3 is 0 Å². The van der Waals surface area contributed by atoms with Gasteiger partial charge in [-0.2, -0.15) is 0 Å². The van der Waals surface area contributed by atoms with Crippen LogP contribution in [0, 0.1) is 371 Å². The Kier molecular flexibility index (Phi) is 35.6. The van der Waals surface area contributed by atoms with Gasteiger partial charge in [-0.1, -0.05) is 237 Å². The van der Waals surface area contributed by atoms with Crippen LogP contribution in [-0.2, 0) is 0 Å². The third-order valence-electron chi connectivity index (χ3n) is 16.8. The maximum Gasteiger partial charge on any atom is 0.0595 e. The lowest BCUT2D eigenvalue weighted by molar-refractivity contribution is 0.570. The van der Waals surface area contributed by atoms with Crippen molar-refractivity contribution >= 4 is 0 Å². The molecule has 4 aromatic rings. The highest BCUT2D eigenvalue weighted by Gasteiger charge is 2.29. The monoisotopic (exact) mass is 1780 g/mol. The van der Waals surface area contributed by atoms with Crippen molar-refractivity contribution in [1.82, 2.24) is 0 Å². The largest absolute Gasteiger partial charge is 0.0919 e. The van der Waals surface area contributed by atoms with Crippen molar-refractivity contribution in [2.45, 2.75) is 332 Å². The molecular weight excluding hydrogens is 1630 g/mol. The molecule has 0 heterocycles. The smallest absolute Gasteiger partial charge is 0.0595 e. The van der Waals surface area contributed by atoms with Crippen LogP contribution < -0.4 is 0 Å². The molecule has 1 aliphatic carbocycles. The Hall–Kier alpha value is -13.7. The zero-order valence-corrected chi connectivity index (χ0v) is 92.0. The maximum absolute atomic E-state index is 3.68. The first-order valence-electron chi connectivity index (χ1n) is 47.0. The molecular formula is C136H144. The van der Waals surface area contributed by atoms with Crippen molar-refractivity contribution in [2.75, 3.05) is 0 Å². The van der Waals surface area contributed by atoms with Crippen LogP contribution in [0.5, 0.6) is 0 Å². The third kappa shape index (κ3) is 40.2.